The highest BCUT2D eigenvalue weighted by atomic mass is 32.2. The molecule has 24 heavy (non-hydrogen) atoms. The number of ketones is 1. The van der Waals surface area contributed by atoms with Crippen molar-refractivity contribution < 1.29 is 22.3 Å². The van der Waals surface area contributed by atoms with Crippen LogP contribution in [0.2, 0.25) is 0 Å². The molecule has 0 bridgehead atoms. The van der Waals surface area contributed by atoms with Crippen molar-refractivity contribution in [1.29, 1.82) is 5.26 Å². The number of nitrogens with zero attached hydrogens (tertiary/aromatic N) is 1. The molecule has 3 rings (SSSR count). The number of hydrogen-bond donors (Lipinski definition) is 0. The molecule has 1 aliphatic rings. The molecule has 0 aliphatic heterocycles. The fourth-order valence-electron chi connectivity index (χ4n) is 2.74. The van der Waals surface area contributed by atoms with E-state index in [1.807, 2.05) is 6.07 Å². The lowest BCUT2D eigenvalue weighted by Crippen LogP contribution is -2.06. The molecule has 7 heteroatoms. The lowest BCUT2D eigenvalue weighted by atomic mass is 10.1. The zero-order valence-corrected chi connectivity index (χ0v) is 13.5. The van der Waals surface area contributed by atoms with E-state index in [0.29, 0.717) is 12.0 Å². The van der Waals surface area contributed by atoms with Crippen molar-refractivity contribution in [2.75, 3.05) is 6.26 Å². The van der Waals surface area contributed by atoms with Crippen molar-refractivity contribution in [3.8, 4) is 17.6 Å². The zero-order valence-electron chi connectivity index (χ0n) is 12.7. The van der Waals surface area contributed by atoms with Crippen LogP contribution in [0.5, 0.6) is 11.5 Å². The van der Waals surface area contributed by atoms with Crippen molar-refractivity contribution in [3.63, 3.8) is 0 Å². The van der Waals surface area contributed by atoms with E-state index in [4.69, 9.17) is 10.00 Å². The topological polar surface area (TPSA) is 84.2 Å². The number of carbonyl (C=O) groups is 1. The van der Waals surface area contributed by atoms with Gasteiger partial charge in [0.1, 0.15) is 17.3 Å². The average molecular weight is 345 g/mol. The largest absolute Gasteiger partial charge is 0.457 e. The molecule has 0 amide bonds. The van der Waals surface area contributed by atoms with Gasteiger partial charge in [-0.15, -0.1) is 0 Å². The van der Waals surface area contributed by atoms with E-state index in [0.717, 1.165) is 18.4 Å². The fourth-order valence-corrected chi connectivity index (χ4v) is 3.67. The molecule has 0 aromatic heterocycles. The first-order valence-electron chi connectivity index (χ1n) is 7.07. The standard InChI is InChI=1S/C17H12FNO4S/c1-24(21,22)16-5-4-15(13-2-3-14(20)17(13)16)23-12-7-10(9-19)6-11(18)8-12/h4-8H,2-3H2,1H3. The summed E-state index contributed by atoms with van der Waals surface area (Å²) in [6, 6.07) is 8.16. The van der Waals surface area contributed by atoms with Gasteiger partial charge < -0.3 is 4.74 Å². The van der Waals surface area contributed by atoms with Gasteiger partial charge in [0, 0.05) is 29.9 Å². The van der Waals surface area contributed by atoms with Crippen LogP contribution in [0.4, 0.5) is 4.39 Å². The molecular weight excluding hydrogens is 333 g/mol. The number of halogens is 1. The van der Waals surface area contributed by atoms with Crippen molar-refractivity contribution in [3.05, 3.63) is 52.8 Å². The number of fused-ring (bicyclic) bond motifs is 1. The second-order valence-electron chi connectivity index (χ2n) is 5.50. The molecule has 2 aromatic rings. The second kappa shape index (κ2) is 5.73. The first kappa shape index (κ1) is 16.1. The molecule has 0 atom stereocenters. The van der Waals surface area contributed by atoms with E-state index in [1.54, 1.807) is 0 Å². The van der Waals surface area contributed by atoms with Gasteiger partial charge in [-0.25, -0.2) is 12.8 Å². The van der Waals surface area contributed by atoms with Gasteiger partial charge in [0.25, 0.3) is 0 Å². The fraction of sp³-hybridized carbons (Fsp3) is 0.176. The van der Waals surface area contributed by atoms with Gasteiger partial charge in [0.05, 0.1) is 16.5 Å². The quantitative estimate of drug-likeness (QED) is 0.854. The third-order valence-electron chi connectivity index (χ3n) is 3.74. The van der Waals surface area contributed by atoms with Crippen molar-refractivity contribution >= 4 is 15.6 Å². The number of hydrogen-bond acceptors (Lipinski definition) is 5. The Kier molecular flexibility index (Phi) is 3.85. The van der Waals surface area contributed by atoms with Crippen LogP contribution >= 0.6 is 0 Å². The second-order valence-corrected chi connectivity index (χ2v) is 7.48. The van der Waals surface area contributed by atoms with Crippen LogP contribution in [-0.4, -0.2) is 20.5 Å². The summed E-state index contributed by atoms with van der Waals surface area (Å²) >= 11 is 0. The van der Waals surface area contributed by atoms with E-state index in [2.05, 4.69) is 0 Å². The maximum atomic E-state index is 13.5. The maximum absolute atomic E-state index is 13.5. The number of rotatable bonds is 3. The summed E-state index contributed by atoms with van der Waals surface area (Å²) in [7, 11) is -3.55. The molecule has 5 nitrogen and oxygen atoms in total. The minimum absolute atomic E-state index is 0.0238. The molecule has 0 fully saturated rings. The van der Waals surface area contributed by atoms with Gasteiger partial charge in [0.2, 0.25) is 0 Å². The zero-order chi connectivity index (χ0) is 17.5. The van der Waals surface area contributed by atoms with E-state index < -0.39 is 15.7 Å². The molecule has 0 unspecified atom stereocenters. The van der Waals surface area contributed by atoms with Crippen molar-refractivity contribution in [2.45, 2.75) is 17.7 Å². The number of carbonyl (C=O) groups excluding carboxylic acids is 1. The molecular formula is C17H12FNO4S. The minimum atomic E-state index is -3.55. The minimum Gasteiger partial charge on any atom is -0.457 e. The molecule has 0 heterocycles. The smallest absolute Gasteiger partial charge is 0.176 e. The summed E-state index contributed by atoms with van der Waals surface area (Å²) in [5.74, 6) is -0.477. The van der Waals surface area contributed by atoms with Crippen LogP contribution in [0.1, 0.15) is 27.9 Å². The monoisotopic (exact) mass is 345 g/mol. The van der Waals surface area contributed by atoms with E-state index >= 15 is 0 Å². The summed E-state index contributed by atoms with van der Waals surface area (Å²) in [6.45, 7) is 0. The first-order valence-corrected chi connectivity index (χ1v) is 8.96. The predicted octanol–water partition coefficient (Wildman–Crippen LogP) is 3.02. The number of benzene rings is 2. The Morgan fingerprint density at radius 1 is 1.21 bits per heavy atom. The Labute approximate surface area is 138 Å². The van der Waals surface area contributed by atoms with Gasteiger partial charge >= 0.3 is 0 Å². The van der Waals surface area contributed by atoms with Crippen LogP contribution in [0.15, 0.2) is 35.2 Å². The number of nitriles is 1. The summed E-state index contributed by atoms with van der Waals surface area (Å²) in [4.78, 5) is 12.0. The lowest BCUT2D eigenvalue weighted by molar-refractivity contribution is 0.0991. The number of ether oxygens (including phenoxy) is 1. The molecule has 0 saturated heterocycles. The van der Waals surface area contributed by atoms with Gasteiger partial charge in [0.15, 0.2) is 15.6 Å². The molecule has 0 spiro atoms. The lowest BCUT2D eigenvalue weighted by Gasteiger charge is -2.13. The number of sulfone groups is 1. The van der Waals surface area contributed by atoms with Gasteiger partial charge in [-0.2, -0.15) is 5.26 Å². The van der Waals surface area contributed by atoms with Gasteiger partial charge in [-0.3, -0.25) is 4.79 Å². The average Bonchev–Trinajstić information content (AvgIpc) is 2.88. The summed E-state index contributed by atoms with van der Waals surface area (Å²) < 4.78 is 42.8. The van der Waals surface area contributed by atoms with Crippen molar-refractivity contribution in [1.82, 2.24) is 0 Å². The van der Waals surface area contributed by atoms with Crippen LogP contribution in [0.25, 0.3) is 0 Å². The third-order valence-corrected chi connectivity index (χ3v) is 4.88. The Morgan fingerprint density at radius 2 is 1.96 bits per heavy atom. The third kappa shape index (κ3) is 2.88. The maximum Gasteiger partial charge on any atom is 0.176 e. The first-order chi connectivity index (χ1) is 11.3. The van der Waals surface area contributed by atoms with Crippen LogP contribution in [0.3, 0.4) is 0 Å². The highest BCUT2D eigenvalue weighted by Gasteiger charge is 2.30. The molecule has 0 radical (unpaired) electrons. The SMILES string of the molecule is CS(=O)(=O)c1ccc(Oc2cc(F)cc(C#N)c2)c2c1C(=O)CC2. The van der Waals surface area contributed by atoms with Gasteiger partial charge in [-0.1, -0.05) is 0 Å². The van der Waals surface area contributed by atoms with Crippen LogP contribution in [0, 0.1) is 17.1 Å². The van der Waals surface area contributed by atoms with Crippen LogP contribution < -0.4 is 4.74 Å². The highest BCUT2D eigenvalue weighted by molar-refractivity contribution is 7.90. The van der Waals surface area contributed by atoms with E-state index in [9.17, 15) is 17.6 Å². The Bertz CT molecular complexity index is 1010. The summed E-state index contributed by atoms with van der Waals surface area (Å²) in [5, 5.41) is 8.88. The molecule has 1 aliphatic carbocycles. The Hall–Kier alpha value is -2.72. The molecule has 122 valence electrons. The van der Waals surface area contributed by atoms with E-state index in [-0.39, 0.29) is 39.7 Å². The molecule has 2 aromatic carbocycles. The molecule has 0 saturated carbocycles. The highest BCUT2D eigenvalue weighted by Crippen LogP contribution is 2.37. The Morgan fingerprint density at radius 3 is 2.62 bits per heavy atom. The predicted molar refractivity (Wildman–Crippen MR) is 83.4 cm³/mol. The Balaban J connectivity index is 2.10. The molecule has 0 N–H and O–H groups in total. The van der Waals surface area contributed by atoms with E-state index in [1.165, 1.54) is 18.2 Å². The van der Waals surface area contributed by atoms with Crippen molar-refractivity contribution in [2.24, 2.45) is 0 Å². The normalized spacial score (nSPS) is 13.5. The number of Topliss-reactive ketones (excluding diaryl/α,β-unsaturated/α-hetero) is 1. The van der Waals surface area contributed by atoms with Gasteiger partial charge in [-0.05, 0) is 30.7 Å². The summed E-state index contributed by atoms with van der Waals surface area (Å²) in [6.07, 6.45) is 1.60. The van der Waals surface area contributed by atoms with Crippen LogP contribution in [-0.2, 0) is 16.3 Å². The summed E-state index contributed by atoms with van der Waals surface area (Å²) in [5.41, 5.74) is 0.739.